The summed E-state index contributed by atoms with van der Waals surface area (Å²) in [7, 11) is 0. The van der Waals surface area contributed by atoms with Gasteiger partial charge in [0.15, 0.2) is 0 Å². The van der Waals surface area contributed by atoms with E-state index >= 15 is 0 Å². The summed E-state index contributed by atoms with van der Waals surface area (Å²) < 4.78 is 10.6. The highest BCUT2D eigenvalue weighted by Crippen LogP contribution is 2.11. The Kier molecular flexibility index (Phi) is 6.72. The van der Waals surface area contributed by atoms with Gasteiger partial charge in [-0.05, 0) is 57.0 Å². The van der Waals surface area contributed by atoms with Gasteiger partial charge in [0.2, 0.25) is 0 Å². The van der Waals surface area contributed by atoms with E-state index in [4.69, 9.17) is 9.47 Å². The Hall–Kier alpha value is -2.04. The van der Waals surface area contributed by atoms with Gasteiger partial charge in [0.25, 0.3) is 0 Å². The number of hydrazone groups is 1. The summed E-state index contributed by atoms with van der Waals surface area (Å²) in [5.41, 5.74) is 2.66. The fraction of sp³-hybridized carbons (Fsp3) is 0.500. The van der Waals surface area contributed by atoms with Crippen molar-refractivity contribution in [3.8, 4) is 5.75 Å². The van der Waals surface area contributed by atoms with Crippen LogP contribution in [0.2, 0.25) is 0 Å². The predicted molar refractivity (Wildman–Crippen MR) is 83.8 cm³/mol. The number of amides is 1. The van der Waals surface area contributed by atoms with Crippen molar-refractivity contribution >= 4 is 12.3 Å². The van der Waals surface area contributed by atoms with E-state index < -0.39 is 11.7 Å². The van der Waals surface area contributed by atoms with Crippen LogP contribution in [-0.2, 0) is 4.74 Å². The van der Waals surface area contributed by atoms with Gasteiger partial charge in [0.05, 0.1) is 12.8 Å². The van der Waals surface area contributed by atoms with E-state index in [9.17, 15) is 4.79 Å². The summed E-state index contributed by atoms with van der Waals surface area (Å²) in [6.07, 6.45) is 3.14. The van der Waals surface area contributed by atoms with Crippen LogP contribution in [0.3, 0.4) is 0 Å². The maximum Gasteiger partial charge on any atom is 0.428 e. The zero-order valence-corrected chi connectivity index (χ0v) is 13.2. The molecule has 1 aromatic carbocycles. The standard InChI is InChI=1S/C16H24N2O3/c1-5-6-11-20-14-9-7-13(8-10-14)12-17-18-15(19)21-16(2,3)4/h7-10,12H,5-6,11H2,1-4H3,(H,18,19)/b17-12-. The molecule has 0 bridgehead atoms. The number of carbonyl (C=O) groups is 1. The van der Waals surface area contributed by atoms with Gasteiger partial charge in [-0.25, -0.2) is 10.2 Å². The molecule has 0 atom stereocenters. The molecule has 1 amide bonds. The van der Waals surface area contributed by atoms with Crippen LogP contribution < -0.4 is 10.2 Å². The highest BCUT2D eigenvalue weighted by molar-refractivity contribution is 5.81. The number of rotatable bonds is 6. The Morgan fingerprint density at radius 2 is 1.95 bits per heavy atom. The molecule has 0 radical (unpaired) electrons. The van der Waals surface area contributed by atoms with Gasteiger partial charge in [-0.2, -0.15) is 5.10 Å². The SMILES string of the molecule is CCCCOc1ccc(/C=N\NC(=O)OC(C)(C)C)cc1. The third kappa shape index (κ3) is 7.97. The third-order valence-electron chi connectivity index (χ3n) is 2.42. The fourth-order valence-electron chi connectivity index (χ4n) is 1.44. The average molecular weight is 292 g/mol. The smallest absolute Gasteiger partial charge is 0.428 e. The van der Waals surface area contributed by atoms with Crippen LogP contribution >= 0.6 is 0 Å². The summed E-state index contributed by atoms with van der Waals surface area (Å²) in [5.74, 6) is 0.834. The first-order valence-corrected chi connectivity index (χ1v) is 7.15. The van der Waals surface area contributed by atoms with Crippen LogP contribution in [0.1, 0.15) is 46.1 Å². The van der Waals surface area contributed by atoms with Gasteiger partial charge in [-0.1, -0.05) is 13.3 Å². The quantitative estimate of drug-likeness (QED) is 0.494. The maximum atomic E-state index is 11.4. The molecule has 0 aliphatic heterocycles. The van der Waals surface area contributed by atoms with Crippen molar-refractivity contribution in [2.75, 3.05) is 6.61 Å². The Morgan fingerprint density at radius 3 is 2.52 bits per heavy atom. The summed E-state index contributed by atoms with van der Waals surface area (Å²) in [6, 6.07) is 7.51. The van der Waals surface area contributed by atoms with Crippen LogP contribution in [0.4, 0.5) is 4.79 Å². The number of unbranched alkanes of at least 4 members (excludes halogenated alkanes) is 1. The largest absolute Gasteiger partial charge is 0.494 e. The number of benzene rings is 1. The molecule has 5 heteroatoms. The number of nitrogens with zero attached hydrogens (tertiary/aromatic N) is 1. The molecule has 1 aromatic rings. The van der Waals surface area contributed by atoms with Gasteiger partial charge < -0.3 is 9.47 Å². The third-order valence-corrected chi connectivity index (χ3v) is 2.42. The summed E-state index contributed by atoms with van der Waals surface area (Å²) >= 11 is 0. The van der Waals surface area contributed by atoms with Crippen LogP contribution in [0, 0.1) is 0 Å². The van der Waals surface area contributed by atoms with Crippen molar-refractivity contribution in [3.63, 3.8) is 0 Å². The lowest BCUT2D eigenvalue weighted by atomic mass is 10.2. The molecule has 21 heavy (non-hydrogen) atoms. The molecule has 0 aliphatic rings. The lowest BCUT2D eigenvalue weighted by molar-refractivity contribution is 0.0529. The molecule has 0 spiro atoms. The molecule has 0 saturated heterocycles. The fourth-order valence-corrected chi connectivity index (χ4v) is 1.44. The van der Waals surface area contributed by atoms with Gasteiger partial charge in [-0.15, -0.1) is 0 Å². The molecule has 0 saturated carbocycles. The van der Waals surface area contributed by atoms with Crippen LogP contribution in [0.15, 0.2) is 29.4 Å². The molecule has 0 aliphatic carbocycles. The number of ether oxygens (including phenoxy) is 2. The summed E-state index contributed by atoms with van der Waals surface area (Å²) in [6.45, 7) is 8.25. The minimum Gasteiger partial charge on any atom is -0.494 e. The second kappa shape index (κ2) is 8.29. The van der Waals surface area contributed by atoms with E-state index in [2.05, 4.69) is 17.5 Å². The van der Waals surface area contributed by atoms with Crippen LogP contribution in [0.5, 0.6) is 5.75 Å². The van der Waals surface area contributed by atoms with Crippen LogP contribution in [-0.4, -0.2) is 24.5 Å². The van der Waals surface area contributed by atoms with Gasteiger partial charge >= 0.3 is 6.09 Å². The predicted octanol–water partition coefficient (Wildman–Crippen LogP) is 3.72. The second-order valence-corrected chi connectivity index (χ2v) is 5.64. The van der Waals surface area contributed by atoms with Crippen molar-refractivity contribution in [1.29, 1.82) is 0 Å². The first-order valence-electron chi connectivity index (χ1n) is 7.15. The molecule has 116 valence electrons. The van der Waals surface area contributed by atoms with Gasteiger partial charge in [-0.3, -0.25) is 0 Å². The Balaban J connectivity index is 2.41. The molecule has 0 aromatic heterocycles. The first kappa shape index (κ1) is 17.0. The molecule has 1 N–H and O–H groups in total. The lowest BCUT2D eigenvalue weighted by Gasteiger charge is -2.18. The van der Waals surface area contributed by atoms with Crippen molar-refractivity contribution in [2.24, 2.45) is 5.10 Å². The van der Waals surface area contributed by atoms with E-state index in [1.807, 2.05) is 24.3 Å². The zero-order valence-electron chi connectivity index (χ0n) is 13.2. The minimum absolute atomic E-state index is 0.531. The average Bonchev–Trinajstić information content (AvgIpc) is 2.39. The minimum atomic E-state index is -0.571. The second-order valence-electron chi connectivity index (χ2n) is 5.64. The number of hydrogen-bond acceptors (Lipinski definition) is 4. The topological polar surface area (TPSA) is 59.9 Å². The molecule has 5 nitrogen and oxygen atoms in total. The Labute approximate surface area is 126 Å². The highest BCUT2D eigenvalue weighted by atomic mass is 16.6. The van der Waals surface area contributed by atoms with Gasteiger partial charge in [0, 0.05) is 0 Å². The van der Waals surface area contributed by atoms with Crippen LogP contribution in [0.25, 0.3) is 0 Å². The Morgan fingerprint density at radius 1 is 1.29 bits per heavy atom. The summed E-state index contributed by atoms with van der Waals surface area (Å²) in [4.78, 5) is 11.4. The monoisotopic (exact) mass is 292 g/mol. The lowest BCUT2D eigenvalue weighted by Crippen LogP contribution is -2.29. The number of nitrogens with one attached hydrogen (secondary N) is 1. The van der Waals surface area contributed by atoms with E-state index in [0.29, 0.717) is 0 Å². The molecule has 1 rings (SSSR count). The maximum absolute atomic E-state index is 11.4. The Bertz CT molecular complexity index is 461. The normalized spacial score (nSPS) is 11.4. The van der Waals surface area contributed by atoms with E-state index in [1.54, 1.807) is 27.0 Å². The number of hydrogen-bond donors (Lipinski definition) is 1. The van der Waals surface area contributed by atoms with Crippen molar-refractivity contribution in [2.45, 2.75) is 46.1 Å². The zero-order chi connectivity index (χ0) is 15.7. The number of carbonyl (C=O) groups excluding carboxylic acids is 1. The molecule has 0 fully saturated rings. The molecular formula is C16H24N2O3. The van der Waals surface area contributed by atoms with E-state index in [-0.39, 0.29) is 0 Å². The van der Waals surface area contributed by atoms with Crippen molar-refractivity contribution in [1.82, 2.24) is 5.43 Å². The molecule has 0 unspecified atom stereocenters. The summed E-state index contributed by atoms with van der Waals surface area (Å²) in [5, 5.41) is 3.84. The van der Waals surface area contributed by atoms with Crippen molar-refractivity contribution in [3.05, 3.63) is 29.8 Å². The first-order chi connectivity index (χ1) is 9.90. The van der Waals surface area contributed by atoms with Crippen molar-refractivity contribution < 1.29 is 14.3 Å². The van der Waals surface area contributed by atoms with Gasteiger partial charge in [0.1, 0.15) is 11.4 Å². The van der Waals surface area contributed by atoms with E-state index in [1.165, 1.54) is 0 Å². The van der Waals surface area contributed by atoms with E-state index in [0.717, 1.165) is 30.8 Å². The highest BCUT2D eigenvalue weighted by Gasteiger charge is 2.15. The molecular weight excluding hydrogens is 268 g/mol. The molecule has 0 heterocycles.